The summed E-state index contributed by atoms with van der Waals surface area (Å²) in [7, 11) is 0. The van der Waals surface area contributed by atoms with Crippen molar-refractivity contribution >= 4 is 38.6 Å². The zero-order valence-electron chi connectivity index (χ0n) is 13.0. The van der Waals surface area contributed by atoms with Crippen LogP contribution in [-0.2, 0) is 11.3 Å². The predicted octanol–water partition coefficient (Wildman–Crippen LogP) is 4.58. The van der Waals surface area contributed by atoms with E-state index in [2.05, 4.69) is 33.3 Å². The highest BCUT2D eigenvalue weighted by atomic mass is 79.9. The number of fused-ring (bicyclic) bond motifs is 1. The molecule has 2 aromatic rings. The van der Waals surface area contributed by atoms with Crippen LogP contribution in [0.25, 0.3) is 10.9 Å². The van der Waals surface area contributed by atoms with Gasteiger partial charge in [0.05, 0.1) is 5.52 Å². The number of hydrogen-bond donors (Lipinski definition) is 1. The van der Waals surface area contributed by atoms with Crippen molar-refractivity contribution < 1.29 is 4.79 Å². The van der Waals surface area contributed by atoms with E-state index < -0.39 is 5.41 Å². The van der Waals surface area contributed by atoms with E-state index in [0.717, 1.165) is 40.6 Å². The molecule has 1 amide bonds. The second kappa shape index (κ2) is 6.18. The third-order valence-corrected chi connectivity index (χ3v) is 3.83. The zero-order chi connectivity index (χ0) is 15.6. The summed E-state index contributed by atoms with van der Waals surface area (Å²) in [5.41, 5.74) is 0.469. The van der Waals surface area contributed by atoms with Crippen LogP contribution in [0.3, 0.4) is 0 Å². The monoisotopic (exact) mass is 351 g/mol. The number of amides is 1. The molecule has 0 saturated carbocycles. The van der Waals surface area contributed by atoms with E-state index in [-0.39, 0.29) is 5.91 Å². The van der Waals surface area contributed by atoms with Crippen molar-refractivity contribution in [3.05, 3.63) is 22.7 Å². The minimum atomic E-state index is -0.432. The van der Waals surface area contributed by atoms with E-state index in [1.54, 1.807) is 0 Å². The van der Waals surface area contributed by atoms with Gasteiger partial charge < -0.3 is 5.32 Å². The highest BCUT2D eigenvalue weighted by Gasteiger charge is 2.23. The Labute approximate surface area is 134 Å². The third kappa shape index (κ3) is 3.64. The number of hydrogen-bond acceptors (Lipinski definition) is 2. The Morgan fingerprint density at radius 3 is 2.71 bits per heavy atom. The van der Waals surface area contributed by atoms with Crippen molar-refractivity contribution in [1.82, 2.24) is 9.78 Å². The molecule has 5 heteroatoms. The average molecular weight is 352 g/mol. The van der Waals surface area contributed by atoms with Crippen molar-refractivity contribution in [3.8, 4) is 0 Å². The Balaban J connectivity index is 2.46. The Morgan fingerprint density at radius 2 is 2.10 bits per heavy atom. The molecule has 0 atom stereocenters. The maximum absolute atomic E-state index is 12.3. The van der Waals surface area contributed by atoms with Crippen LogP contribution in [0.1, 0.15) is 40.5 Å². The quantitative estimate of drug-likeness (QED) is 0.875. The highest BCUT2D eigenvalue weighted by Crippen LogP contribution is 2.28. The maximum Gasteiger partial charge on any atom is 0.230 e. The van der Waals surface area contributed by atoms with Crippen molar-refractivity contribution in [1.29, 1.82) is 0 Å². The van der Waals surface area contributed by atoms with Crippen molar-refractivity contribution in [3.63, 3.8) is 0 Å². The second-order valence-corrected chi connectivity index (χ2v) is 7.21. The Morgan fingerprint density at radius 1 is 1.38 bits per heavy atom. The van der Waals surface area contributed by atoms with E-state index in [0.29, 0.717) is 0 Å². The summed E-state index contributed by atoms with van der Waals surface area (Å²) < 4.78 is 2.89. The molecular formula is C16H22BrN3O. The van der Waals surface area contributed by atoms with Gasteiger partial charge in [-0.1, -0.05) is 50.0 Å². The molecule has 1 N–H and O–H groups in total. The molecule has 0 spiro atoms. The molecule has 0 aliphatic heterocycles. The number of carbonyl (C=O) groups excluding carboxylic acids is 1. The first-order valence-corrected chi connectivity index (χ1v) is 8.09. The Hall–Kier alpha value is -1.36. The minimum Gasteiger partial charge on any atom is -0.310 e. The Kier molecular flexibility index (Phi) is 4.71. The summed E-state index contributed by atoms with van der Waals surface area (Å²) in [4.78, 5) is 12.3. The molecule has 1 aromatic heterocycles. The molecule has 21 heavy (non-hydrogen) atoms. The van der Waals surface area contributed by atoms with Crippen LogP contribution in [0, 0.1) is 5.41 Å². The van der Waals surface area contributed by atoms with E-state index in [4.69, 9.17) is 0 Å². The first-order valence-electron chi connectivity index (χ1n) is 7.30. The van der Waals surface area contributed by atoms with Crippen LogP contribution in [0.5, 0.6) is 0 Å². The van der Waals surface area contributed by atoms with Gasteiger partial charge in [0.15, 0.2) is 0 Å². The zero-order valence-corrected chi connectivity index (χ0v) is 14.6. The van der Waals surface area contributed by atoms with Crippen molar-refractivity contribution in [2.45, 2.75) is 47.1 Å². The van der Waals surface area contributed by atoms with Gasteiger partial charge >= 0.3 is 0 Å². The van der Waals surface area contributed by atoms with Gasteiger partial charge in [-0.15, -0.1) is 0 Å². The van der Waals surface area contributed by atoms with E-state index in [1.807, 2.05) is 43.7 Å². The molecule has 1 aromatic carbocycles. The molecule has 0 saturated heterocycles. The average Bonchev–Trinajstić information content (AvgIpc) is 2.73. The minimum absolute atomic E-state index is 0.00187. The second-order valence-electron chi connectivity index (χ2n) is 6.29. The third-order valence-electron chi connectivity index (χ3n) is 3.34. The summed E-state index contributed by atoms with van der Waals surface area (Å²) in [6.45, 7) is 8.68. The van der Waals surface area contributed by atoms with Gasteiger partial charge in [0.1, 0.15) is 5.82 Å². The molecule has 0 unspecified atom stereocenters. The van der Waals surface area contributed by atoms with Crippen LogP contribution < -0.4 is 5.32 Å². The lowest BCUT2D eigenvalue weighted by atomic mass is 9.96. The smallest absolute Gasteiger partial charge is 0.230 e. The predicted molar refractivity (Wildman–Crippen MR) is 90.4 cm³/mol. The van der Waals surface area contributed by atoms with Gasteiger partial charge in [0, 0.05) is 21.8 Å². The first kappa shape index (κ1) is 16.0. The molecule has 0 fully saturated rings. The van der Waals surface area contributed by atoms with Crippen LogP contribution in [0.4, 0.5) is 5.82 Å². The Bertz CT molecular complexity index is 655. The number of aryl methyl sites for hydroxylation is 1. The maximum atomic E-state index is 12.3. The molecule has 0 aliphatic rings. The summed E-state index contributed by atoms with van der Waals surface area (Å²) in [5, 5.41) is 8.63. The van der Waals surface area contributed by atoms with Crippen molar-refractivity contribution in [2.75, 3.05) is 5.32 Å². The number of carbonyl (C=O) groups is 1. The van der Waals surface area contributed by atoms with Gasteiger partial charge in [0.25, 0.3) is 0 Å². The van der Waals surface area contributed by atoms with E-state index in [9.17, 15) is 4.79 Å². The normalized spacial score (nSPS) is 11.9. The number of nitrogens with zero attached hydrogens (tertiary/aromatic N) is 2. The lowest BCUT2D eigenvalue weighted by molar-refractivity contribution is -0.123. The lowest BCUT2D eigenvalue weighted by Crippen LogP contribution is -2.28. The first-order chi connectivity index (χ1) is 9.82. The number of benzene rings is 1. The molecule has 1 heterocycles. The van der Waals surface area contributed by atoms with Gasteiger partial charge in [-0.3, -0.25) is 4.79 Å². The van der Waals surface area contributed by atoms with Crippen LogP contribution in [0.15, 0.2) is 22.7 Å². The summed E-state index contributed by atoms with van der Waals surface area (Å²) >= 11 is 3.48. The molecule has 0 aliphatic carbocycles. The summed E-state index contributed by atoms with van der Waals surface area (Å²) in [6.07, 6.45) is 2.13. The fraction of sp³-hybridized carbons (Fsp3) is 0.500. The fourth-order valence-electron chi connectivity index (χ4n) is 2.00. The number of rotatable bonds is 4. The largest absolute Gasteiger partial charge is 0.310 e. The molecule has 114 valence electrons. The van der Waals surface area contributed by atoms with Gasteiger partial charge in [-0.2, -0.15) is 5.10 Å². The van der Waals surface area contributed by atoms with E-state index >= 15 is 0 Å². The molecule has 2 rings (SSSR count). The van der Waals surface area contributed by atoms with Crippen LogP contribution in [0.2, 0.25) is 0 Å². The van der Waals surface area contributed by atoms with Crippen LogP contribution >= 0.6 is 15.9 Å². The molecule has 0 radical (unpaired) electrons. The van der Waals surface area contributed by atoms with Gasteiger partial charge in [0.2, 0.25) is 5.91 Å². The molecule has 0 bridgehead atoms. The van der Waals surface area contributed by atoms with Crippen LogP contribution in [-0.4, -0.2) is 15.7 Å². The number of anilines is 1. The number of halogens is 1. The van der Waals surface area contributed by atoms with Gasteiger partial charge in [-0.25, -0.2) is 4.68 Å². The lowest BCUT2D eigenvalue weighted by Gasteiger charge is -2.18. The van der Waals surface area contributed by atoms with E-state index in [1.165, 1.54) is 0 Å². The fourth-order valence-corrected chi connectivity index (χ4v) is 2.36. The summed E-state index contributed by atoms with van der Waals surface area (Å²) in [5.74, 6) is 0.793. The number of unbranched alkanes of at least 4 members (excludes halogenated alkanes) is 1. The van der Waals surface area contributed by atoms with Crippen molar-refractivity contribution in [2.24, 2.45) is 5.41 Å². The number of aromatic nitrogens is 2. The topological polar surface area (TPSA) is 46.9 Å². The highest BCUT2D eigenvalue weighted by molar-refractivity contribution is 9.10. The SMILES string of the molecule is CCCCn1nc2ccc(Br)cc2c1NC(=O)C(C)(C)C. The summed E-state index contributed by atoms with van der Waals surface area (Å²) in [6, 6.07) is 5.94. The molecule has 4 nitrogen and oxygen atoms in total. The van der Waals surface area contributed by atoms with Gasteiger partial charge in [-0.05, 0) is 24.6 Å². The standard InChI is InChI=1S/C16H22BrN3O/c1-5-6-9-20-14(18-15(21)16(2,3)4)12-10-11(17)7-8-13(12)19-20/h7-8,10H,5-6,9H2,1-4H3,(H,18,21). The molecular weight excluding hydrogens is 330 g/mol. The number of nitrogens with one attached hydrogen (secondary N) is 1.